The standard InChI is InChI=1S/C16H27NO2/c1-4-12-17-13-8-9-14(3)19-16-11-7-6-10-15(16)18-5-2/h6-7,10-11,14,17H,4-5,8-9,12-13H2,1-3H3. The lowest BCUT2D eigenvalue weighted by Gasteiger charge is -2.17. The van der Waals surface area contributed by atoms with E-state index >= 15 is 0 Å². The zero-order valence-corrected chi connectivity index (χ0v) is 12.4. The number of ether oxygens (including phenoxy) is 2. The van der Waals surface area contributed by atoms with Crippen molar-refractivity contribution in [2.45, 2.75) is 46.1 Å². The highest BCUT2D eigenvalue weighted by Gasteiger charge is 2.08. The lowest BCUT2D eigenvalue weighted by molar-refractivity contribution is 0.195. The Morgan fingerprint density at radius 1 is 1.11 bits per heavy atom. The second-order valence-electron chi connectivity index (χ2n) is 4.70. The highest BCUT2D eigenvalue weighted by molar-refractivity contribution is 5.39. The summed E-state index contributed by atoms with van der Waals surface area (Å²) in [4.78, 5) is 0. The van der Waals surface area contributed by atoms with E-state index in [0.717, 1.165) is 37.4 Å². The molecule has 0 bridgehead atoms. The number of para-hydroxylation sites is 2. The molecule has 0 saturated carbocycles. The van der Waals surface area contributed by atoms with E-state index < -0.39 is 0 Å². The van der Waals surface area contributed by atoms with E-state index in [-0.39, 0.29) is 6.10 Å². The number of hydrogen-bond acceptors (Lipinski definition) is 3. The van der Waals surface area contributed by atoms with E-state index in [9.17, 15) is 0 Å². The van der Waals surface area contributed by atoms with Gasteiger partial charge in [0.1, 0.15) is 0 Å². The van der Waals surface area contributed by atoms with Gasteiger partial charge < -0.3 is 14.8 Å². The fraction of sp³-hybridized carbons (Fsp3) is 0.625. The van der Waals surface area contributed by atoms with Gasteiger partial charge in [-0.2, -0.15) is 0 Å². The Labute approximate surface area is 117 Å². The summed E-state index contributed by atoms with van der Waals surface area (Å²) in [6.45, 7) is 9.11. The molecule has 0 heterocycles. The summed E-state index contributed by atoms with van der Waals surface area (Å²) in [5.41, 5.74) is 0. The highest BCUT2D eigenvalue weighted by Crippen LogP contribution is 2.27. The molecule has 1 aromatic carbocycles. The van der Waals surface area contributed by atoms with Crippen LogP contribution >= 0.6 is 0 Å². The minimum Gasteiger partial charge on any atom is -0.490 e. The predicted octanol–water partition coefficient (Wildman–Crippen LogP) is 3.63. The van der Waals surface area contributed by atoms with Crippen LogP contribution in [0, 0.1) is 0 Å². The van der Waals surface area contributed by atoms with Crippen LogP contribution in [-0.4, -0.2) is 25.8 Å². The second-order valence-corrected chi connectivity index (χ2v) is 4.70. The molecule has 108 valence electrons. The van der Waals surface area contributed by atoms with Crippen molar-refractivity contribution in [1.29, 1.82) is 0 Å². The van der Waals surface area contributed by atoms with Crippen LogP contribution in [-0.2, 0) is 0 Å². The summed E-state index contributed by atoms with van der Waals surface area (Å²) in [6.07, 6.45) is 3.59. The molecule has 0 radical (unpaired) electrons. The average Bonchev–Trinajstić information content (AvgIpc) is 2.41. The van der Waals surface area contributed by atoms with Crippen LogP contribution in [0.2, 0.25) is 0 Å². The Hall–Kier alpha value is -1.22. The number of benzene rings is 1. The van der Waals surface area contributed by atoms with Gasteiger partial charge in [0.05, 0.1) is 12.7 Å². The van der Waals surface area contributed by atoms with Crippen molar-refractivity contribution in [3.63, 3.8) is 0 Å². The molecule has 1 unspecified atom stereocenters. The quantitative estimate of drug-likeness (QED) is 0.655. The largest absolute Gasteiger partial charge is 0.490 e. The molecule has 19 heavy (non-hydrogen) atoms. The predicted molar refractivity (Wildman–Crippen MR) is 80.1 cm³/mol. The molecule has 3 heteroatoms. The molecule has 0 aromatic heterocycles. The van der Waals surface area contributed by atoms with Crippen LogP contribution in [0.4, 0.5) is 0 Å². The average molecular weight is 265 g/mol. The van der Waals surface area contributed by atoms with Crippen molar-refractivity contribution < 1.29 is 9.47 Å². The Kier molecular flexibility index (Phi) is 8.07. The maximum absolute atomic E-state index is 5.95. The van der Waals surface area contributed by atoms with Gasteiger partial charge in [0.25, 0.3) is 0 Å². The molecule has 0 spiro atoms. The lowest BCUT2D eigenvalue weighted by atomic mass is 10.2. The molecule has 0 saturated heterocycles. The van der Waals surface area contributed by atoms with E-state index in [1.54, 1.807) is 0 Å². The third kappa shape index (κ3) is 6.48. The SMILES string of the molecule is CCCNCCCC(C)Oc1ccccc1OCC. The van der Waals surface area contributed by atoms with E-state index in [4.69, 9.17) is 9.47 Å². The number of rotatable bonds is 10. The van der Waals surface area contributed by atoms with E-state index in [2.05, 4.69) is 19.2 Å². The summed E-state index contributed by atoms with van der Waals surface area (Å²) in [5, 5.41) is 3.41. The van der Waals surface area contributed by atoms with Gasteiger partial charge in [0.2, 0.25) is 0 Å². The number of nitrogens with one attached hydrogen (secondary N) is 1. The zero-order valence-electron chi connectivity index (χ0n) is 12.4. The molecular weight excluding hydrogens is 238 g/mol. The van der Waals surface area contributed by atoms with E-state index in [1.807, 2.05) is 31.2 Å². The van der Waals surface area contributed by atoms with Crippen LogP contribution in [0.25, 0.3) is 0 Å². The molecule has 0 amide bonds. The second kappa shape index (κ2) is 9.68. The lowest BCUT2D eigenvalue weighted by Crippen LogP contribution is -2.19. The van der Waals surface area contributed by atoms with Gasteiger partial charge in [-0.15, -0.1) is 0 Å². The molecule has 0 aliphatic rings. The van der Waals surface area contributed by atoms with Gasteiger partial charge in [-0.1, -0.05) is 19.1 Å². The van der Waals surface area contributed by atoms with Crippen molar-refractivity contribution in [3.05, 3.63) is 24.3 Å². The first-order valence-corrected chi connectivity index (χ1v) is 7.37. The summed E-state index contributed by atoms with van der Waals surface area (Å²) < 4.78 is 11.5. The normalized spacial score (nSPS) is 12.2. The van der Waals surface area contributed by atoms with Crippen molar-refractivity contribution in [1.82, 2.24) is 5.32 Å². The topological polar surface area (TPSA) is 30.5 Å². The Morgan fingerprint density at radius 3 is 2.53 bits per heavy atom. The van der Waals surface area contributed by atoms with Crippen molar-refractivity contribution in [2.75, 3.05) is 19.7 Å². The summed E-state index contributed by atoms with van der Waals surface area (Å²) in [6, 6.07) is 7.87. The maximum Gasteiger partial charge on any atom is 0.161 e. The van der Waals surface area contributed by atoms with Crippen LogP contribution in [0.3, 0.4) is 0 Å². The smallest absolute Gasteiger partial charge is 0.161 e. The van der Waals surface area contributed by atoms with Crippen molar-refractivity contribution in [2.24, 2.45) is 0 Å². The van der Waals surface area contributed by atoms with Crippen LogP contribution in [0.5, 0.6) is 11.5 Å². The minimum absolute atomic E-state index is 0.213. The summed E-state index contributed by atoms with van der Waals surface area (Å²) in [7, 11) is 0. The van der Waals surface area contributed by atoms with Crippen molar-refractivity contribution >= 4 is 0 Å². The van der Waals surface area contributed by atoms with E-state index in [1.165, 1.54) is 6.42 Å². The van der Waals surface area contributed by atoms with Gasteiger partial charge >= 0.3 is 0 Å². The fourth-order valence-electron chi connectivity index (χ4n) is 1.91. The fourth-order valence-corrected chi connectivity index (χ4v) is 1.91. The van der Waals surface area contributed by atoms with Crippen LogP contribution < -0.4 is 14.8 Å². The number of hydrogen-bond donors (Lipinski definition) is 1. The van der Waals surface area contributed by atoms with Gasteiger partial charge in [-0.3, -0.25) is 0 Å². The summed E-state index contributed by atoms with van der Waals surface area (Å²) in [5.74, 6) is 1.68. The Balaban J connectivity index is 2.33. The first kappa shape index (κ1) is 15.8. The minimum atomic E-state index is 0.213. The first-order valence-electron chi connectivity index (χ1n) is 7.37. The van der Waals surface area contributed by atoms with Gasteiger partial charge in [-0.05, 0) is 58.3 Å². The van der Waals surface area contributed by atoms with Gasteiger partial charge in [0, 0.05) is 0 Å². The van der Waals surface area contributed by atoms with Crippen LogP contribution in [0.1, 0.15) is 40.0 Å². The first-order chi connectivity index (χ1) is 9.27. The molecule has 0 fully saturated rings. The highest BCUT2D eigenvalue weighted by atomic mass is 16.5. The molecule has 0 aliphatic heterocycles. The zero-order chi connectivity index (χ0) is 13.9. The van der Waals surface area contributed by atoms with Gasteiger partial charge in [0.15, 0.2) is 11.5 Å². The molecule has 1 aromatic rings. The van der Waals surface area contributed by atoms with Crippen molar-refractivity contribution in [3.8, 4) is 11.5 Å². The molecule has 1 rings (SSSR count). The Morgan fingerprint density at radius 2 is 1.84 bits per heavy atom. The van der Waals surface area contributed by atoms with E-state index in [0.29, 0.717) is 6.61 Å². The molecule has 3 nitrogen and oxygen atoms in total. The van der Waals surface area contributed by atoms with Gasteiger partial charge in [-0.25, -0.2) is 0 Å². The monoisotopic (exact) mass is 265 g/mol. The molecular formula is C16H27NO2. The Bertz CT molecular complexity index is 341. The summed E-state index contributed by atoms with van der Waals surface area (Å²) >= 11 is 0. The molecule has 0 aliphatic carbocycles. The third-order valence-corrected chi connectivity index (χ3v) is 2.87. The van der Waals surface area contributed by atoms with Crippen LogP contribution in [0.15, 0.2) is 24.3 Å². The maximum atomic E-state index is 5.95. The third-order valence-electron chi connectivity index (χ3n) is 2.87. The molecule has 1 atom stereocenters. The molecule has 1 N–H and O–H groups in total.